The zero-order chi connectivity index (χ0) is 9.40. The largest absolute Gasteiger partial charge is 0.330 e. The van der Waals surface area contributed by atoms with Crippen LogP contribution in [-0.4, -0.2) is 17.5 Å². The van der Waals surface area contributed by atoms with E-state index in [0.29, 0.717) is 0 Å². The normalized spacial score (nSPS) is 13.8. The molecular weight excluding hydrogens is 166 g/mol. The highest BCUT2D eigenvalue weighted by Gasteiger charge is 2.06. The lowest BCUT2D eigenvalue weighted by molar-refractivity contribution is 0.552. The first-order valence-electron chi connectivity index (χ1n) is 5.06. The van der Waals surface area contributed by atoms with Crippen LogP contribution < -0.4 is 5.73 Å². The zero-order valence-electron chi connectivity index (χ0n) is 8.68. The molecule has 74 valence electrons. The fourth-order valence-electron chi connectivity index (χ4n) is 1.14. The predicted molar refractivity (Wildman–Crippen MR) is 59.7 cm³/mol. The summed E-state index contributed by atoms with van der Waals surface area (Å²) >= 11 is 2.08. The molecule has 2 heteroatoms. The van der Waals surface area contributed by atoms with E-state index in [1.54, 1.807) is 0 Å². The van der Waals surface area contributed by atoms with Gasteiger partial charge in [-0.2, -0.15) is 11.8 Å². The third kappa shape index (κ3) is 5.90. The Labute approximate surface area is 81.5 Å². The zero-order valence-corrected chi connectivity index (χ0v) is 9.49. The summed E-state index contributed by atoms with van der Waals surface area (Å²) in [6.07, 6.45) is 3.79. The molecule has 0 amide bonds. The van der Waals surface area contributed by atoms with E-state index < -0.39 is 0 Å². The Morgan fingerprint density at radius 3 is 2.25 bits per heavy atom. The van der Waals surface area contributed by atoms with Crippen LogP contribution in [0.1, 0.15) is 40.0 Å². The van der Waals surface area contributed by atoms with Gasteiger partial charge in [-0.1, -0.05) is 33.6 Å². The van der Waals surface area contributed by atoms with Crippen LogP contribution in [0.3, 0.4) is 0 Å². The highest BCUT2D eigenvalue weighted by Crippen LogP contribution is 2.20. The van der Waals surface area contributed by atoms with E-state index in [1.165, 1.54) is 18.6 Å². The lowest BCUT2D eigenvalue weighted by Gasteiger charge is -2.15. The first-order valence-corrected chi connectivity index (χ1v) is 6.11. The SMILES string of the molecule is CCC(CC)CSC(C)CCN. The second-order valence-electron chi connectivity index (χ2n) is 3.40. The molecule has 0 saturated carbocycles. The van der Waals surface area contributed by atoms with Crippen LogP contribution >= 0.6 is 11.8 Å². The van der Waals surface area contributed by atoms with Gasteiger partial charge >= 0.3 is 0 Å². The second kappa shape index (κ2) is 7.93. The van der Waals surface area contributed by atoms with E-state index in [2.05, 4.69) is 32.5 Å². The van der Waals surface area contributed by atoms with Crippen LogP contribution in [0.15, 0.2) is 0 Å². The molecule has 12 heavy (non-hydrogen) atoms. The fraction of sp³-hybridized carbons (Fsp3) is 1.00. The van der Waals surface area contributed by atoms with Gasteiger partial charge < -0.3 is 5.73 Å². The molecular formula is C10H23NS. The Morgan fingerprint density at radius 2 is 1.83 bits per heavy atom. The lowest BCUT2D eigenvalue weighted by Crippen LogP contribution is -2.10. The van der Waals surface area contributed by atoms with Crippen molar-refractivity contribution in [3.63, 3.8) is 0 Å². The number of rotatable bonds is 7. The topological polar surface area (TPSA) is 26.0 Å². The molecule has 0 rings (SSSR count). The third-order valence-electron chi connectivity index (χ3n) is 2.34. The van der Waals surface area contributed by atoms with Crippen molar-refractivity contribution in [3.8, 4) is 0 Å². The van der Waals surface area contributed by atoms with Crippen molar-refractivity contribution in [1.82, 2.24) is 0 Å². The van der Waals surface area contributed by atoms with Gasteiger partial charge in [0.25, 0.3) is 0 Å². The molecule has 0 aliphatic rings. The van der Waals surface area contributed by atoms with Crippen LogP contribution in [0.5, 0.6) is 0 Å². The molecule has 0 aromatic carbocycles. The summed E-state index contributed by atoms with van der Waals surface area (Å²) in [6, 6.07) is 0. The molecule has 0 radical (unpaired) electrons. The van der Waals surface area contributed by atoms with Gasteiger partial charge in [-0.05, 0) is 24.6 Å². The molecule has 1 unspecified atom stereocenters. The quantitative estimate of drug-likeness (QED) is 0.666. The minimum absolute atomic E-state index is 0.746. The van der Waals surface area contributed by atoms with Crippen LogP contribution in [0.4, 0.5) is 0 Å². The minimum Gasteiger partial charge on any atom is -0.330 e. The van der Waals surface area contributed by atoms with Gasteiger partial charge in [0.2, 0.25) is 0 Å². The molecule has 1 nitrogen and oxygen atoms in total. The molecule has 1 atom stereocenters. The molecule has 2 N–H and O–H groups in total. The van der Waals surface area contributed by atoms with Gasteiger partial charge in [-0.25, -0.2) is 0 Å². The Kier molecular flexibility index (Phi) is 8.14. The Bertz CT molecular complexity index is 91.8. The summed E-state index contributed by atoms with van der Waals surface area (Å²) in [5, 5.41) is 0.746. The van der Waals surface area contributed by atoms with Gasteiger partial charge in [0.15, 0.2) is 0 Å². The maximum absolute atomic E-state index is 5.49. The van der Waals surface area contributed by atoms with E-state index in [4.69, 9.17) is 5.73 Å². The average molecular weight is 189 g/mol. The fourth-order valence-corrected chi connectivity index (χ4v) is 2.52. The third-order valence-corrected chi connectivity index (χ3v) is 3.81. The van der Waals surface area contributed by atoms with Gasteiger partial charge in [-0.3, -0.25) is 0 Å². The van der Waals surface area contributed by atoms with Crippen LogP contribution in [-0.2, 0) is 0 Å². The highest BCUT2D eigenvalue weighted by molar-refractivity contribution is 7.99. The molecule has 0 aromatic heterocycles. The maximum atomic E-state index is 5.49. The van der Waals surface area contributed by atoms with Crippen molar-refractivity contribution in [3.05, 3.63) is 0 Å². The second-order valence-corrected chi connectivity index (χ2v) is 4.88. The van der Waals surface area contributed by atoms with Crippen LogP contribution in [0.25, 0.3) is 0 Å². The monoisotopic (exact) mass is 189 g/mol. The van der Waals surface area contributed by atoms with E-state index in [0.717, 1.165) is 24.1 Å². The van der Waals surface area contributed by atoms with Gasteiger partial charge in [0, 0.05) is 5.25 Å². The van der Waals surface area contributed by atoms with Crippen LogP contribution in [0, 0.1) is 5.92 Å². The molecule has 0 aliphatic carbocycles. The first kappa shape index (κ1) is 12.3. The van der Waals surface area contributed by atoms with E-state index in [-0.39, 0.29) is 0 Å². The molecule has 0 aromatic rings. The summed E-state index contributed by atoms with van der Waals surface area (Å²) < 4.78 is 0. The number of hydrogen-bond acceptors (Lipinski definition) is 2. The molecule has 0 saturated heterocycles. The first-order chi connectivity index (χ1) is 5.74. The number of thioether (sulfide) groups is 1. The summed E-state index contributed by atoms with van der Waals surface area (Å²) in [7, 11) is 0. The van der Waals surface area contributed by atoms with Crippen molar-refractivity contribution in [1.29, 1.82) is 0 Å². The van der Waals surface area contributed by atoms with Crippen molar-refractivity contribution in [2.45, 2.75) is 45.3 Å². The highest BCUT2D eigenvalue weighted by atomic mass is 32.2. The van der Waals surface area contributed by atoms with Gasteiger partial charge in [0.05, 0.1) is 0 Å². The molecule has 0 spiro atoms. The van der Waals surface area contributed by atoms with Gasteiger partial charge in [0.1, 0.15) is 0 Å². The van der Waals surface area contributed by atoms with Gasteiger partial charge in [-0.15, -0.1) is 0 Å². The Hall–Kier alpha value is 0.310. The molecule has 0 fully saturated rings. The van der Waals surface area contributed by atoms with Crippen molar-refractivity contribution < 1.29 is 0 Å². The molecule has 0 bridgehead atoms. The summed E-state index contributed by atoms with van der Waals surface area (Å²) in [6.45, 7) is 7.67. The maximum Gasteiger partial charge on any atom is 0.00308 e. The smallest absolute Gasteiger partial charge is 0.00308 e. The van der Waals surface area contributed by atoms with E-state index in [1.807, 2.05) is 0 Å². The molecule has 0 aliphatic heterocycles. The summed E-state index contributed by atoms with van der Waals surface area (Å²) in [5.41, 5.74) is 5.49. The molecule has 0 heterocycles. The summed E-state index contributed by atoms with van der Waals surface area (Å²) in [4.78, 5) is 0. The van der Waals surface area contributed by atoms with Crippen molar-refractivity contribution in [2.24, 2.45) is 11.7 Å². The van der Waals surface area contributed by atoms with Crippen molar-refractivity contribution >= 4 is 11.8 Å². The lowest BCUT2D eigenvalue weighted by atomic mass is 10.1. The van der Waals surface area contributed by atoms with E-state index >= 15 is 0 Å². The minimum atomic E-state index is 0.746. The predicted octanol–water partition coefficient (Wildman–Crippen LogP) is 2.89. The average Bonchev–Trinajstić information content (AvgIpc) is 2.07. The van der Waals surface area contributed by atoms with Crippen LogP contribution in [0.2, 0.25) is 0 Å². The van der Waals surface area contributed by atoms with Crippen molar-refractivity contribution in [2.75, 3.05) is 12.3 Å². The standard InChI is InChI=1S/C10H23NS/c1-4-10(5-2)8-12-9(3)6-7-11/h9-10H,4-8,11H2,1-3H3. The number of hydrogen-bond donors (Lipinski definition) is 1. The Balaban J connectivity index is 3.37. The number of nitrogens with two attached hydrogens (primary N) is 1. The summed E-state index contributed by atoms with van der Waals surface area (Å²) in [5.74, 6) is 2.23. The Morgan fingerprint density at radius 1 is 1.25 bits per heavy atom. The van der Waals surface area contributed by atoms with E-state index in [9.17, 15) is 0 Å².